The van der Waals surface area contributed by atoms with Crippen molar-refractivity contribution in [2.24, 2.45) is 5.10 Å². The SMILES string of the molecule is CC1=NN(C(=O)c2ccccc2)[C@@](O)(c2ccc(Br)cc2)C1. The Morgan fingerprint density at radius 1 is 1.18 bits per heavy atom. The van der Waals surface area contributed by atoms with Gasteiger partial charge in [-0.15, -0.1) is 0 Å². The van der Waals surface area contributed by atoms with Crippen LogP contribution in [0.4, 0.5) is 0 Å². The van der Waals surface area contributed by atoms with E-state index in [2.05, 4.69) is 21.0 Å². The van der Waals surface area contributed by atoms with Crippen molar-refractivity contribution >= 4 is 27.5 Å². The number of carbonyl (C=O) groups excluding carboxylic acids is 1. The van der Waals surface area contributed by atoms with E-state index in [1.165, 1.54) is 5.01 Å². The summed E-state index contributed by atoms with van der Waals surface area (Å²) < 4.78 is 0.913. The van der Waals surface area contributed by atoms with Crippen molar-refractivity contribution in [2.45, 2.75) is 19.1 Å². The second-order valence-electron chi connectivity index (χ2n) is 5.32. The highest BCUT2D eigenvalue weighted by Crippen LogP contribution is 2.36. The Bertz CT molecular complexity index is 728. The van der Waals surface area contributed by atoms with Crippen LogP contribution in [0.5, 0.6) is 0 Å². The quantitative estimate of drug-likeness (QED) is 0.892. The van der Waals surface area contributed by atoms with E-state index in [-0.39, 0.29) is 5.91 Å². The average molecular weight is 359 g/mol. The first-order valence-corrected chi connectivity index (χ1v) is 7.72. The van der Waals surface area contributed by atoms with Crippen LogP contribution < -0.4 is 0 Å². The Morgan fingerprint density at radius 2 is 1.82 bits per heavy atom. The Hall–Kier alpha value is -1.98. The first kappa shape index (κ1) is 14.9. The van der Waals surface area contributed by atoms with E-state index in [9.17, 15) is 9.90 Å². The van der Waals surface area contributed by atoms with Gasteiger partial charge < -0.3 is 5.11 Å². The lowest BCUT2D eigenvalue weighted by Gasteiger charge is -2.31. The van der Waals surface area contributed by atoms with Crippen molar-refractivity contribution < 1.29 is 9.90 Å². The third kappa shape index (κ3) is 2.58. The van der Waals surface area contributed by atoms with Gasteiger partial charge in [-0.1, -0.05) is 46.3 Å². The predicted octanol–water partition coefficient (Wildman–Crippen LogP) is 3.52. The van der Waals surface area contributed by atoms with Crippen LogP contribution in [0, 0.1) is 0 Å². The maximum absolute atomic E-state index is 12.7. The highest BCUT2D eigenvalue weighted by molar-refractivity contribution is 9.10. The average Bonchev–Trinajstić information content (AvgIpc) is 2.84. The summed E-state index contributed by atoms with van der Waals surface area (Å²) in [6, 6.07) is 16.1. The van der Waals surface area contributed by atoms with Crippen LogP contribution in [0.1, 0.15) is 29.3 Å². The maximum atomic E-state index is 12.7. The Kier molecular flexibility index (Phi) is 3.85. The second kappa shape index (κ2) is 5.66. The molecule has 0 aromatic heterocycles. The monoisotopic (exact) mass is 358 g/mol. The topological polar surface area (TPSA) is 52.9 Å². The first-order valence-electron chi connectivity index (χ1n) is 6.93. The zero-order valence-electron chi connectivity index (χ0n) is 12.0. The Morgan fingerprint density at radius 3 is 2.45 bits per heavy atom. The van der Waals surface area contributed by atoms with Gasteiger partial charge in [0.2, 0.25) is 0 Å². The van der Waals surface area contributed by atoms with Crippen LogP contribution in [-0.4, -0.2) is 21.7 Å². The number of benzene rings is 2. The highest BCUT2D eigenvalue weighted by Gasteiger charge is 2.45. The normalized spacial score (nSPS) is 20.9. The Labute approximate surface area is 137 Å². The second-order valence-corrected chi connectivity index (χ2v) is 6.23. The molecule has 0 fully saturated rings. The van der Waals surface area contributed by atoms with Crippen molar-refractivity contribution in [1.29, 1.82) is 0 Å². The van der Waals surface area contributed by atoms with Gasteiger partial charge in [-0.2, -0.15) is 10.1 Å². The van der Waals surface area contributed by atoms with Crippen molar-refractivity contribution in [3.8, 4) is 0 Å². The standard InChI is InChI=1S/C17H15BrN2O2/c1-12-11-17(22,14-7-9-15(18)10-8-14)20(19-12)16(21)13-5-3-2-4-6-13/h2-10,22H,11H2,1H3/t17-/m0/s1. The van der Waals surface area contributed by atoms with Gasteiger partial charge in [-0.05, 0) is 31.2 Å². The van der Waals surface area contributed by atoms with E-state index in [1.54, 1.807) is 36.4 Å². The molecular formula is C17H15BrN2O2. The molecular weight excluding hydrogens is 344 g/mol. The lowest BCUT2D eigenvalue weighted by Crippen LogP contribution is -2.43. The molecule has 0 aliphatic carbocycles. The van der Waals surface area contributed by atoms with Crippen LogP contribution in [0.2, 0.25) is 0 Å². The molecule has 0 bridgehead atoms. The molecule has 3 rings (SSSR count). The first-order chi connectivity index (χ1) is 10.5. The third-order valence-corrected chi connectivity index (χ3v) is 4.17. The molecule has 1 aliphatic heterocycles. The smallest absolute Gasteiger partial charge is 0.276 e. The van der Waals surface area contributed by atoms with Gasteiger partial charge in [0, 0.05) is 27.7 Å². The number of nitrogens with zero attached hydrogens (tertiary/aromatic N) is 2. The molecule has 4 nitrogen and oxygen atoms in total. The molecule has 1 aliphatic rings. The lowest BCUT2D eigenvalue weighted by molar-refractivity contribution is -0.0765. The molecule has 0 unspecified atom stereocenters. The summed E-state index contributed by atoms with van der Waals surface area (Å²) in [5, 5.41) is 16.5. The van der Waals surface area contributed by atoms with Crippen molar-refractivity contribution in [3.63, 3.8) is 0 Å². The minimum atomic E-state index is -1.45. The number of hydrogen-bond donors (Lipinski definition) is 1. The molecule has 1 amide bonds. The molecule has 2 aromatic rings. The van der Waals surface area contributed by atoms with E-state index in [4.69, 9.17) is 0 Å². The van der Waals surface area contributed by atoms with E-state index in [0.717, 1.165) is 10.2 Å². The molecule has 1 N–H and O–H groups in total. The van der Waals surface area contributed by atoms with Crippen LogP contribution in [0.25, 0.3) is 0 Å². The van der Waals surface area contributed by atoms with Gasteiger partial charge >= 0.3 is 0 Å². The van der Waals surface area contributed by atoms with E-state index < -0.39 is 5.72 Å². The summed E-state index contributed by atoms with van der Waals surface area (Å²) in [5.41, 5.74) is 0.407. The number of hydrogen-bond acceptors (Lipinski definition) is 3. The number of carbonyl (C=O) groups is 1. The number of amides is 1. The van der Waals surface area contributed by atoms with Gasteiger partial charge in [0.25, 0.3) is 5.91 Å². The molecule has 0 spiro atoms. The van der Waals surface area contributed by atoms with Crippen molar-refractivity contribution in [1.82, 2.24) is 5.01 Å². The molecule has 0 saturated heterocycles. The van der Waals surface area contributed by atoms with E-state index in [1.807, 2.05) is 25.1 Å². The number of hydrazone groups is 1. The van der Waals surface area contributed by atoms with Crippen LogP contribution >= 0.6 is 15.9 Å². The van der Waals surface area contributed by atoms with Crippen molar-refractivity contribution in [3.05, 3.63) is 70.2 Å². The maximum Gasteiger partial charge on any atom is 0.276 e. The summed E-state index contributed by atoms with van der Waals surface area (Å²) in [7, 11) is 0. The molecule has 1 atom stereocenters. The highest BCUT2D eigenvalue weighted by atomic mass is 79.9. The molecule has 1 heterocycles. The van der Waals surface area contributed by atoms with E-state index >= 15 is 0 Å². The van der Waals surface area contributed by atoms with Gasteiger partial charge in [-0.3, -0.25) is 4.79 Å². The molecule has 5 heteroatoms. The summed E-state index contributed by atoms with van der Waals surface area (Å²) >= 11 is 3.37. The Balaban J connectivity index is 2.01. The zero-order chi connectivity index (χ0) is 15.7. The van der Waals surface area contributed by atoms with E-state index in [0.29, 0.717) is 17.5 Å². The number of aliphatic hydroxyl groups is 1. The van der Waals surface area contributed by atoms with Crippen LogP contribution in [0.3, 0.4) is 0 Å². The number of halogens is 1. The molecule has 112 valence electrons. The van der Waals surface area contributed by atoms with Crippen molar-refractivity contribution in [2.75, 3.05) is 0 Å². The molecule has 22 heavy (non-hydrogen) atoms. The van der Waals surface area contributed by atoms with Gasteiger partial charge in [-0.25, -0.2) is 0 Å². The molecule has 0 radical (unpaired) electrons. The summed E-state index contributed by atoms with van der Waals surface area (Å²) in [6.45, 7) is 1.81. The number of rotatable bonds is 2. The minimum absolute atomic E-state index is 0.299. The summed E-state index contributed by atoms with van der Waals surface area (Å²) in [5.74, 6) is -0.317. The van der Waals surface area contributed by atoms with Gasteiger partial charge in [0.1, 0.15) is 0 Å². The minimum Gasteiger partial charge on any atom is -0.365 e. The summed E-state index contributed by atoms with van der Waals surface area (Å²) in [6.07, 6.45) is 0.299. The fourth-order valence-electron chi connectivity index (χ4n) is 2.58. The van der Waals surface area contributed by atoms with Crippen LogP contribution in [0.15, 0.2) is 64.2 Å². The predicted molar refractivity (Wildman–Crippen MR) is 88.4 cm³/mol. The molecule has 0 saturated carbocycles. The van der Waals surface area contributed by atoms with Crippen LogP contribution in [-0.2, 0) is 5.72 Å². The molecule has 2 aromatic carbocycles. The summed E-state index contributed by atoms with van der Waals surface area (Å²) in [4.78, 5) is 12.7. The fraction of sp³-hybridized carbons (Fsp3) is 0.176. The zero-order valence-corrected chi connectivity index (χ0v) is 13.6. The third-order valence-electron chi connectivity index (χ3n) is 3.64. The van der Waals surface area contributed by atoms with Gasteiger partial charge in [0.15, 0.2) is 5.72 Å². The largest absolute Gasteiger partial charge is 0.365 e. The fourth-order valence-corrected chi connectivity index (χ4v) is 2.84. The van der Waals surface area contributed by atoms with Gasteiger partial charge in [0.05, 0.1) is 0 Å². The lowest BCUT2D eigenvalue weighted by atomic mass is 9.97.